The monoisotopic (exact) mass is 420 g/mol. The molecule has 0 aliphatic carbocycles. The van der Waals surface area contributed by atoms with Crippen LogP contribution in [0.4, 0.5) is 0 Å². The van der Waals surface area contributed by atoms with E-state index in [1.165, 1.54) is 10.9 Å². The average Bonchev–Trinajstić information content (AvgIpc) is 3.08. The Labute approximate surface area is 186 Å². The van der Waals surface area contributed by atoms with Gasteiger partial charge in [-0.25, -0.2) is 0 Å². The third-order valence-corrected chi connectivity index (χ3v) is 5.82. The maximum absolute atomic E-state index is 12.5. The van der Waals surface area contributed by atoms with Crippen molar-refractivity contribution < 1.29 is 9.90 Å². The van der Waals surface area contributed by atoms with Gasteiger partial charge >= 0.3 is 0 Å². The van der Waals surface area contributed by atoms with E-state index >= 15 is 0 Å². The van der Waals surface area contributed by atoms with Crippen molar-refractivity contribution in [2.45, 2.75) is 71.6 Å². The highest BCUT2D eigenvalue weighted by Crippen LogP contribution is 2.40. The van der Waals surface area contributed by atoms with Crippen LogP contribution in [0.15, 0.2) is 42.6 Å². The fraction of sp³-hybridized carbons (Fsp3) is 0.444. The summed E-state index contributed by atoms with van der Waals surface area (Å²) in [6.07, 6.45) is 3.92. The number of amides is 1. The number of carbonyl (C=O) groups is 1. The van der Waals surface area contributed by atoms with Crippen LogP contribution in [0.25, 0.3) is 10.9 Å². The molecule has 0 aliphatic rings. The number of aromatic amines is 1. The molecule has 1 heterocycles. The molecule has 0 saturated carbocycles. The van der Waals surface area contributed by atoms with Crippen LogP contribution < -0.4 is 5.32 Å². The number of phenolic OH excluding ortho intramolecular Hbond substituents is 1. The summed E-state index contributed by atoms with van der Waals surface area (Å²) in [6, 6.07) is 12.3. The molecule has 0 spiro atoms. The summed E-state index contributed by atoms with van der Waals surface area (Å²) in [6.45, 7) is 13.3. The summed E-state index contributed by atoms with van der Waals surface area (Å²) in [4.78, 5) is 15.7. The number of fused-ring (bicyclic) bond motifs is 1. The van der Waals surface area contributed by atoms with E-state index in [9.17, 15) is 9.90 Å². The van der Waals surface area contributed by atoms with E-state index in [2.05, 4.69) is 76.1 Å². The molecule has 0 aliphatic heterocycles. The molecule has 31 heavy (non-hydrogen) atoms. The van der Waals surface area contributed by atoms with E-state index in [-0.39, 0.29) is 16.7 Å². The fourth-order valence-electron chi connectivity index (χ4n) is 4.00. The zero-order chi connectivity index (χ0) is 22.8. The van der Waals surface area contributed by atoms with Gasteiger partial charge in [-0.15, -0.1) is 0 Å². The molecule has 0 fully saturated rings. The molecule has 1 aromatic heterocycles. The molecule has 1 amide bonds. The largest absolute Gasteiger partial charge is 0.507 e. The summed E-state index contributed by atoms with van der Waals surface area (Å²) in [5.41, 5.74) is 4.99. The van der Waals surface area contributed by atoms with Crippen molar-refractivity contribution in [3.8, 4) is 5.75 Å². The van der Waals surface area contributed by atoms with Gasteiger partial charge in [-0.05, 0) is 52.0 Å². The zero-order valence-electron chi connectivity index (χ0n) is 19.7. The highest BCUT2D eigenvalue weighted by atomic mass is 16.3. The van der Waals surface area contributed by atoms with Crippen molar-refractivity contribution in [3.05, 3.63) is 64.8 Å². The van der Waals surface area contributed by atoms with Gasteiger partial charge in [0.1, 0.15) is 5.75 Å². The number of H-pyrrole nitrogens is 1. The predicted octanol–water partition coefficient (Wildman–Crippen LogP) is 5.76. The first kappa shape index (κ1) is 22.9. The second kappa shape index (κ2) is 8.78. The van der Waals surface area contributed by atoms with Gasteiger partial charge in [0.05, 0.1) is 0 Å². The third-order valence-electron chi connectivity index (χ3n) is 5.82. The highest BCUT2D eigenvalue weighted by Gasteiger charge is 2.26. The van der Waals surface area contributed by atoms with Crippen molar-refractivity contribution in [2.75, 3.05) is 6.54 Å². The maximum Gasteiger partial charge on any atom is 0.220 e. The van der Waals surface area contributed by atoms with Gasteiger partial charge in [0.15, 0.2) is 0 Å². The molecule has 2 aromatic carbocycles. The minimum atomic E-state index is -0.165. The molecule has 3 aromatic rings. The first-order valence-electron chi connectivity index (χ1n) is 11.2. The van der Waals surface area contributed by atoms with Crippen LogP contribution in [0.2, 0.25) is 0 Å². The van der Waals surface area contributed by atoms with Crippen LogP contribution in [0.1, 0.15) is 70.2 Å². The molecule has 4 nitrogen and oxygen atoms in total. The number of benzene rings is 2. The SMILES string of the molecule is CC(C)(C)c1cc(CCC(=O)NCCc2c[nH]c3ccccc23)cc(C(C)(C)C)c1O. The van der Waals surface area contributed by atoms with Crippen LogP contribution in [-0.4, -0.2) is 22.5 Å². The van der Waals surface area contributed by atoms with E-state index in [0.717, 1.165) is 28.6 Å². The molecule has 0 unspecified atom stereocenters. The van der Waals surface area contributed by atoms with Crippen molar-refractivity contribution in [3.63, 3.8) is 0 Å². The van der Waals surface area contributed by atoms with E-state index in [0.29, 0.717) is 25.1 Å². The first-order valence-corrected chi connectivity index (χ1v) is 11.2. The molecule has 4 heteroatoms. The van der Waals surface area contributed by atoms with Crippen LogP contribution >= 0.6 is 0 Å². The van der Waals surface area contributed by atoms with Crippen molar-refractivity contribution >= 4 is 16.8 Å². The Balaban J connectivity index is 1.63. The van der Waals surface area contributed by atoms with Crippen molar-refractivity contribution in [1.82, 2.24) is 10.3 Å². The molecule has 0 saturated heterocycles. The summed E-state index contributed by atoms with van der Waals surface area (Å²) >= 11 is 0. The second-order valence-electron chi connectivity index (χ2n) is 10.5. The minimum absolute atomic E-state index is 0.0579. The lowest BCUT2D eigenvalue weighted by Crippen LogP contribution is -2.26. The van der Waals surface area contributed by atoms with Gasteiger partial charge in [0.25, 0.3) is 0 Å². The maximum atomic E-state index is 12.5. The molecule has 3 rings (SSSR count). The number of aryl methyl sites for hydroxylation is 1. The Kier molecular flexibility index (Phi) is 6.49. The standard InChI is InChI=1S/C27H36N2O2/c1-26(2,3)21-15-18(16-22(25(21)31)27(4,5)6)11-12-24(30)28-14-13-19-17-29-23-10-8-7-9-20(19)23/h7-10,15-17,29,31H,11-14H2,1-6H3,(H,28,30). The average molecular weight is 421 g/mol. The molecule has 166 valence electrons. The number of para-hydroxylation sites is 1. The first-order chi connectivity index (χ1) is 14.5. The predicted molar refractivity (Wildman–Crippen MR) is 129 cm³/mol. The van der Waals surface area contributed by atoms with Crippen molar-refractivity contribution in [2.24, 2.45) is 0 Å². The summed E-state index contributed by atoms with van der Waals surface area (Å²) in [5.74, 6) is 0.439. The summed E-state index contributed by atoms with van der Waals surface area (Å²) in [5, 5.41) is 15.1. The fourth-order valence-corrected chi connectivity index (χ4v) is 4.00. The van der Waals surface area contributed by atoms with Crippen molar-refractivity contribution in [1.29, 1.82) is 0 Å². The number of nitrogens with one attached hydrogen (secondary N) is 2. The van der Waals surface area contributed by atoms with Crippen LogP contribution in [0.5, 0.6) is 5.75 Å². The third kappa shape index (κ3) is 5.49. The number of hydrogen-bond donors (Lipinski definition) is 3. The number of rotatable bonds is 6. The Bertz CT molecular complexity index is 1030. The van der Waals surface area contributed by atoms with Crippen LogP contribution in [0, 0.1) is 0 Å². The highest BCUT2D eigenvalue weighted by molar-refractivity contribution is 5.83. The number of carbonyl (C=O) groups excluding carboxylic acids is 1. The molecular weight excluding hydrogens is 384 g/mol. The lowest BCUT2D eigenvalue weighted by atomic mass is 9.78. The van der Waals surface area contributed by atoms with Gasteiger partial charge in [0, 0.05) is 30.1 Å². The Hall–Kier alpha value is -2.75. The van der Waals surface area contributed by atoms with Gasteiger partial charge in [0.2, 0.25) is 5.91 Å². The van der Waals surface area contributed by atoms with E-state index in [4.69, 9.17) is 0 Å². The second-order valence-corrected chi connectivity index (χ2v) is 10.5. The molecular formula is C27H36N2O2. The van der Waals surface area contributed by atoms with E-state index < -0.39 is 0 Å². The molecule has 3 N–H and O–H groups in total. The van der Waals surface area contributed by atoms with E-state index in [1.54, 1.807) is 0 Å². The van der Waals surface area contributed by atoms with Gasteiger partial charge in [-0.2, -0.15) is 0 Å². The van der Waals surface area contributed by atoms with Gasteiger partial charge in [-0.3, -0.25) is 4.79 Å². The minimum Gasteiger partial charge on any atom is -0.507 e. The smallest absolute Gasteiger partial charge is 0.220 e. The summed E-state index contributed by atoms with van der Waals surface area (Å²) < 4.78 is 0. The van der Waals surface area contributed by atoms with Crippen LogP contribution in [-0.2, 0) is 28.5 Å². The Morgan fingerprint density at radius 3 is 2.19 bits per heavy atom. The lowest BCUT2D eigenvalue weighted by Gasteiger charge is -2.28. The van der Waals surface area contributed by atoms with Gasteiger partial charge in [-0.1, -0.05) is 71.9 Å². The number of aromatic hydroxyl groups is 1. The zero-order valence-corrected chi connectivity index (χ0v) is 19.7. The van der Waals surface area contributed by atoms with Crippen LogP contribution in [0.3, 0.4) is 0 Å². The van der Waals surface area contributed by atoms with E-state index in [1.807, 2.05) is 18.3 Å². The number of phenols is 1. The normalized spacial score (nSPS) is 12.3. The summed E-state index contributed by atoms with van der Waals surface area (Å²) in [7, 11) is 0. The van der Waals surface area contributed by atoms with Gasteiger partial charge < -0.3 is 15.4 Å². The lowest BCUT2D eigenvalue weighted by molar-refractivity contribution is -0.121. The topological polar surface area (TPSA) is 65.1 Å². The Morgan fingerprint density at radius 2 is 1.58 bits per heavy atom. The number of aromatic nitrogens is 1. The number of hydrogen-bond acceptors (Lipinski definition) is 2. The molecule has 0 radical (unpaired) electrons. The Morgan fingerprint density at radius 1 is 0.968 bits per heavy atom. The molecule has 0 bridgehead atoms. The molecule has 0 atom stereocenters. The quantitative estimate of drug-likeness (QED) is 0.475.